The summed E-state index contributed by atoms with van der Waals surface area (Å²) in [5.41, 5.74) is 1.16. The van der Waals surface area contributed by atoms with Crippen LogP contribution in [-0.4, -0.2) is 41.0 Å². The summed E-state index contributed by atoms with van der Waals surface area (Å²) in [6, 6.07) is 3.92. The zero-order valence-electron chi connectivity index (χ0n) is 14.7. The monoisotopic (exact) mass is 379 g/mol. The molecule has 26 heavy (non-hydrogen) atoms. The molecule has 0 aliphatic carbocycles. The topological polar surface area (TPSA) is 106 Å². The molecule has 1 aromatic heterocycles. The fourth-order valence-corrected chi connectivity index (χ4v) is 2.73. The predicted octanol–water partition coefficient (Wildman–Crippen LogP) is 3.21. The molecule has 0 saturated heterocycles. The van der Waals surface area contributed by atoms with E-state index in [4.69, 9.17) is 21.1 Å². The first kappa shape index (κ1) is 19.5. The van der Waals surface area contributed by atoms with Gasteiger partial charge in [0.2, 0.25) is 5.78 Å². The number of ketones is 1. The first-order chi connectivity index (χ1) is 12.2. The van der Waals surface area contributed by atoms with Crippen molar-refractivity contribution < 1.29 is 29.0 Å². The summed E-state index contributed by atoms with van der Waals surface area (Å²) >= 11 is 5.81. The number of hydrogen-bond donors (Lipinski definition) is 2. The molecule has 0 fully saturated rings. The van der Waals surface area contributed by atoms with Gasteiger partial charge < -0.3 is 19.6 Å². The van der Waals surface area contributed by atoms with Gasteiger partial charge >= 0.3 is 11.9 Å². The third-order valence-electron chi connectivity index (χ3n) is 3.90. The minimum Gasteiger partial charge on any atom is -0.507 e. The van der Waals surface area contributed by atoms with Crippen molar-refractivity contribution in [3.63, 3.8) is 0 Å². The molecule has 0 amide bonds. The first-order valence-electron chi connectivity index (χ1n) is 7.68. The van der Waals surface area contributed by atoms with Crippen LogP contribution in [0.3, 0.4) is 0 Å². The number of rotatable bonds is 5. The highest BCUT2D eigenvalue weighted by molar-refractivity contribution is 6.31. The zero-order valence-corrected chi connectivity index (χ0v) is 15.4. The second kappa shape index (κ2) is 7.61. The molecular formula is C18H18ClNO6. The molecule has 1 atom stereocenters. The number of aromatic hydroxyl groups is 1. The van der Waals surface area contributed by atoms with Gasteiger partial charge in [-0.2, -0.15) is 0 Å². The van der Waals surface area contributed by atoms with E-state index in [1.165, 1.54) is 32.2 Å². The highest BCUT2D eigenvalue weighted by Crippen LogP contribution is 2.24. The maximum absolute atomic E-state index is 12.6. The minimum atomic E-state index is -1.15. The van der Waals surface area contributed by atoms with Crippen molar-refractivity contribution in [2.75, 3.05) is 7.11 Å². The zero-order chi connectivity index (χ0) is 19.6. The molecule has 0 bridgehead atoms. The Hall–Kier alpha value is -2.80. The van der Waals surface area contributed by atoms with Crippen LogP contribution >= 0.6 is 11.6 Å². The van der Waals surface area contributed by atoms with E-state index in [9.17, 15) is 19.5 Å². The number of halogens is 1. The van der Waals surface area contributed by atoms with E-state index in [2.05, 4.69) is 4.98 Å². The third-order valence-corrected chi connectivity index (χ3v) is 4.14. The van der Waals surface area contributed by atoms with Crippen LogP contribution in [0, 0.1) is 13.8 Å². The summed E-state index contributed by atoms with van der Waals surface area (Å²) in [4.78, 5) is 39.5. The molecule has 2 rings (SSSR count). The smallest absolute Gasteiger partial charge is 0.342 e. The number of methoxy groups -OCH3 is 1. The number of aryl methyl sites for hydroxylation is 1. The van der Waals surface area contributed by atoms with Gasteiger partial charge in [-0.05, 0) is 44.5 Å². The number of phenols is 1. The Morgan fingerprint density at radius 3 is 2.46 bits per heavy atom. The SMILES string of the molecule is COC(=O)c1c(C)[nH]c(C(=O)[C@H](C)OC(=O)c2cc(Cl)ccc2O)c1C. The first-order valence-corrected chi connectivity index (χ1v) is 8.06. The lowest BCUT2D eigenvalue weighted by molar-refractivity contribution is 0.0314. The summed E-state index contributed by atoms with van der Waals surface area (Å²) in [7, 11) is 1.25. The van der Waals surface area contributed by atoms with E-state index < -0.39 is 23.8 Å². The summed E-state index contributed by atoms with van der Waals surface area (Å²) in [5.74, 6) is -2.28. The van der Waals surface area contributed by atoms with Crippen LogP contribution in [-0.2, 0) is 9.47 Å². The fraction of sp³-hybridized carbons (Fsp3) is 0.278. The molecule has 0 unspecified atom stereocenters. The van der Waals surface area contributed by atoms with Crippen LogP contribution in [0.25, 0.3) is 0 Å². The molecular weight excluding hydrogens is 362 g/mol. The number of aromatic amines is 1. The number of aromatic nitrogens is 1. The van der Waals surface area contributed by atoms with Gasteiger partial charge in [-0.1, -0.05) is 11.6 Å². The van der Waals surface area contributed by atoms with Gasteiger partial charge in [0, 0.05) is 10.7 Å². The van der Waals surface area contributed by atoms with Crippen molar-refractivity contribution in [3.8, 4) is 5.75 Å². The van der Waals surface area contributed by atoms with E-state index in [0.29, 0.717) is 11.3 Å². The van der Waals surface area contributed by atoms with Crippen molar-refractivity contribution >= 4 is 29.3 Å². The molecule has 1 heterocycles. The number of benzene rings is 1. The maximum atomic E-state index is 12.6. The van der Waals surface area contributed by atoms with Crippen molar-refractivity contribution in [2.45, 2.75) is 26.9 Å². The Kier molecular flexibility index (Phi) is 5.72. The lowest BCUT2D eigenvalue weighted by Crippen LogP contribution is -2.25. The van der Waals surface area contributed by atoms with Crippen molar-refractivity contribution in [3.05, 3.63) is 51.3 Å². The lowest BCUT2D eigenvalue weighted by atomic mass is 10.1. The standard InChI is InChI=1S/C18H18ClNO6/c1-8-14(18(24)25-4)9(2)20-15(8)16(22)10(3)26-17(23)12-7-11(19)5-6-13(12)21/h5-7,10,20-21H,1-4H3/t10-/m0/s1. The summed E-state index contributed by atoms with van der Waals surface area (Å²) in [5, 5.41) is 9.99. The molecule has 2 N–H and O–H groups in total. The van der Waals surface area contributed by atoms with Gasteiger partial charge in [-0.3, -0.25) is 4.79 Å². The van der Waals surface area contributed by atoms with Crippen LogP contribution in [0.5, 0.6) is 5.75 Å². The van der Waals surface area contributed by atoms with Gasteiger partial charge in [-0.25, -0.2) is 9.59 Å². The minimum absolute atomic E-state index is 0.146. The average Bonchev–Trinajstić information content (AvgIpc) is 2.89. The van der Waals surface area contributed by atoms with Crippen LogP contribution in [0.2, 0.25) is 5.02 Å². The second-order valence-electron chi connectivity index (χ2n) is 5.69. The normalized spacial score (nSPS) is 11.7. The number of H-pyrrole nitrogens is 1. The van der Waals surface area contributed by atoms with Crippen molar-refractivity contribution in [1.82, 2.24) is 4.98 Å². The van der Waals surface area contributed by atoms with E-state index in [1.54, 1.807) is 13.8 Å². The number of phenolic OH excluding ortho intramolecular Hbond substituents is 1. The van der Waals surface area contributed by atoms with Crippen LogP contribution in [0.1, 0.15) is 49.4 Å². The average molecular weight is 380 g/mol. The molecule has 8 heteroatoms. The Labute approximate surface area is 154 Å². The van der Waals surface area contributed by atoms with Gasteiger partial charge in [0.1, 0.15) is 11.3 Å². The molecule has 138 valence electrons. The largest absolute Gasteiger partial charge is 0.507 e. The second-order valence-corrected chi connectivity index (χ2v) is 6.13. The van der Waals surface area contributed by atoms with Crippen molar-refractivity contribution in [2.24, 2.45) is 0 Å². The van der Waals surface area contributed by atoms with Gasteiger partial charge in [0.05, 0.1) is 18.4 Å². The summed E-state index contributed by atoms with van der Waals surface area (Å²) in [6.45, 7) is 4.63. The predicted molar refractivity (Wildman–Crippen MR) is 93.9 cm³/mol. The van der Waals surface area contributed by atoms with E-state index in [0.717, 1.165) is 0 Å². The Morgan fingerprint density at radius 2 is 1.85 bits per heavy atom. The molecule has 0 radical (unpaired) electrons. The van der Waals surface area contributed by atoms with Crippen LogP contribution in [0.15, 0.2) is 18.2 Å². The van der Waals surface area contributed by atoms with Gasteiger partial charge in [-0.15, -0.1) is 0 Å². The molecule has 0 aliphatic rings. The van der Waals surface area contributed by atoms with Gasteiger partial charge in [0.15, 0.2) is 6.10 Å². The number of ether oxygens (including phenoxy) is 2. The van der Waals surface area contributed by atoms with E-state index >= 15 is 0 Å². The summed E-state index contributed by atoms with van der Waals surface area (Å²) < 4.78 is 9.84. The van der Waals surface area contributed by atoms with E-state index in [-0.39, 0.29) is 27.6 Å². The lowest BCUT2D eigenvalue weighted by Gasteiger charge is -2.13. The Balaban J connectivity index is 2.24. The Morgan fingerprint density at radius 1 is 1.19 bits per heavy atom. The highest BCUT2D eigenvalue weighted by atomic mass is 35.5. The molecule has 2 aromatic rings. The highest BCUT2D eigenvalue weighted by Gasteiger charge is 2.28. The quantitative estimate of drug-likeness (QED) is 0.610. The Bertz CT molecular complexity index is 886. The maximum Gasteiger partial charge on any atom is 0.342 e. The fourth-order valence-electron chi connectivity index (χ4n) is 2.56. The number of esters is 2. The summed E-state index contributed by atoms with van der Waals surface area (Å²) in [6.07, 6.45) is -1.15. The van der Waals surface area contributed by atoms with Crippen LogP contribution in [0.4, 0.5) is 0 Å². The third kappa shape index (κ3) is 3.72. The van der Waals surface area contributed by atoms with E-state index in [1.807, 2.05) is 0 Å². The molecule has 0 spiro atoms. The van der Waals surface area contributed by atoms with Gasteiger partial charge in [0.25, 0.3) is 0 Å². The molecule has 0 saturated carbocycles. The number of nitrogens with one attached hydrogen (secondary N) is 1. The molecule has 7 nitrogen and oxygen atoms in total. The molecule has 1 aromatic carbocycles. The number of hydrogen-bond acceptors (Lipinski definition) is 6. The number of carbonyl (C=O) groups is 3. The van der Waals surface area contributed by atoms with Crippen molar-refractivity contribution in [1.29, 1.82) is 0 Å². The van der Waals surface area contributed by atoms with Crippen LogP contribution < -0.4 is 0 Å². The number of Topliss-reactive ketones (excluding diaryl/α,β-unsaturated/α-hetero) is 1. The molecule has 0 aliphatic heterocycles. The number of carbonyl (C=O) groups excluding carboxylic acids is 3.